The van der Waals surface area contributed by atoms with Crippen LogP contribution in [0, 0.1) is 19.3 Å². The second kappa shape index (κ2) is 8.63. The molecule has 0 atom stereocenters. The fraction of sp³-hybridized carbons (Fsp3) is 0.200. The Morgan fingerprint density at radius 1 is 1.16 bits per heavy atom. The van der Waals surface area contributed by atoms with E-state index in [1.165, 1.54) is 4.31 Å². The number of terminal acetylenes is 1. The van der Waals surface area contributed by atoms with Crippen molar-refractivity contribution < 1.29 is 13.5 Å². The zero-order valence-electron chi connectivity index (χ0n) is 14.1. The Hall–Kier alpha value is -2.39. The first-order valence-corrected chi connectivity index (χ1v) is 9.27. The van der Waals surface area contributed by atoms with Gasteiger partial charge in [0.1, 0.15) is 0 Å². The minimum atomic E-state index is -3.74. The van der Waals surface area contributed by atoms with E-state index in [1.807, 2.05) is 37.3 Å². The average Bonchev–Trinajstić information content (AvgIpc) is 2.61. The number of benzene rings is 2. The topological polar surface area (TPSA) is 57.6 Å². The largest absolute Gasteiger partial charge is 0.392 e. The molecule has 2 aromatic rings. The number of aryl methyl sites for hydroxylation is 1. The van der Waals surface area contributed by atoms with E-state index in [-0.39, 0.29) is 24.6 Å². The number of rotatable bonds is 7. The van der Waals surface area contributed by atoms with Gasteiger partial charge in [-0.1, -0.05) is 60.0 Å². The van der Waals surface area contributed by atoms with Crippen molar-refractivity contribution >= 4 is 16.1 Å². The lowest BCUT2D eigenvalue weighted by Gasteiger charge is -2.21. The smallest absolute Gasteiger partial charge is 0.244 e. The summed E-state index contributed by atoms with van der Waals surface area (Å²) in [4.78, 5) is 0.186. The van der Waals surface area contributed by atoms with Crippen LogP contribution in [0.25, 0.3) is 6.08 Å². The number of aliphatic hydroxyl groups excluding tert-OH is 1. The standard InChI is InChI=1S/C20H21NO3S/c1-3-13-21(25(23,24)20-11-9-17(2)10-12-20)15-19(16-22)14-18-7-5-4-6-8-18/h1,4-12,14,22H,13,15-16H2,2H3/b19-14+. The highest BCUT2D eigenvalue weighted by Gasteiger charge is 2.24. The lowest BCUT2D eigenvalue weighted by atomic mass is 10.1. The predicted molar refractivity (Wildman–Crippen MR) is 100 cm³/mol. The fourth-order valence-electron chi connectivity index (χ4n) is 2.34. The van der Waals surface area contributed by atoms with Crippen LogP contribution in [0.3, 0.4) is 0 Å². The molecule has 0 spiro atoms. The molecule has 1 N–H and O–H groups in total. The second-order valence-electron chi connectivity index (χ2n) is 5.66. The van der Waals surface area contributed by atoms with E-state index in [4.69, 9.17) is 6.42 Å². The van der Waals surface area contributed by atoms with E-state index in [1.54, 1.807) is 30.3 Å². The number of hydrogen-bond acceptors (Lipinski definition) is 3. The molecular weight excluding hydrogens is 334 g/mol. The summed E-state index contributed by atoms with van der Waals surface area (Å²) in [6.07, 6.45) is 7.13. The zero-order chi connectivity index (χ0) is 18.3. The van der Waals surface area contributed by atoms with Crippen molar-refractivity contribution in [2.24, 2.45) is 0 Å². The zero-order valence-corrected chi connectivity index (χ0v) is 14.9. The van der Waals surface area contributed by atoms with E-state index in [0.29, 0.717) is 5.57 Å². The monoisotopic (exact) mass is 355 g/mol. The first-order valence-electron chi connectivity index (χ1n) is 7.83. The third-order valence-electron chi connectivity index (χ3n) is 3.68. The first kappa shape index (κ1) is 18.9. The quantitative estimate of drug-likeness (QED) is 0.777. The van der Waals surface area contributed by atoms with Crippen molar-refractivity contribution in [3.05, 3.63) is 71.3 Å². The molecule has 0 radical (unpaired) electrons. The van der Waals surface area contributed by atoms with Gasteiger partial charge in [-0.25, -0.2) is 8.42 Å². The van der Waals surface area contributed by atoms with Gasteiger partial charge < -0.3 is 5.11 Å². The maximum atomic E-state index is 12.9. The molecule has 0 aliphatic heterocycles. The van der Waals surface area contributed by atoms with Gasteiger partial charge in [0.25, 0.3) is 0 Å². The second-order valence-corrected chi connectivity index (χ2v) is 7.60. The van der Waals surface area contributed by atoms with E-state index in [2.05, 4.69) is 5.92 Å². The number of aliphatic hydroxyl groups is 1. The van der Waals surface area contributed by atoms with Gasteiger partial charge in [-0.2, -0.15) is 4.31 Å². The lowest BCUT2D eigenvalue weighted by molar-refractivity contribution is 0.321. The van der Waals surface area contributed by atoms with Gasteiger partial charge in [-0.3, -0.25) is 0 Å². The van der Waals surface area contributed by atoms with Gasteiger partial charge in [0, 0.05) is 6.54 Å². The molecule has 25 heavy (non-hydrogen) atoms. The van der Waals surface area contributed by atoms with E-state index < -0.39 is 10.0 Å². The summed E-state index contributed by atoms with van der Waals surface area (Å²) in [5.41, 5.74) is 2.43. The SMILES string of the molecule is C#CCN(C/C(=C\c1ccccc1)CO)S(=O)(=O)c1ccc(C)cc1. The molecule has 130 valence electrons. The summed E-state index contributed by atoms with van der Waals surface area (Å²) >= 11 is 0. The maximum Gasteiger partial charge on any atom is 0.244 e. The molecule has 0 bridgehead atoms. The van der Waals surface area contributed by atoms with Gasteiger partial charge in [0.15, 0.2) is 0 Å². The Kier molecular flexibility index (Phi) is 6.54. The number of sulfonamides is 1. The highest BCUT2D eigenvalue weighted by Crippen LogP contribution is 2.18. The van der Waals surface area contributed by atoms with Crippen LogP contribution in [0.1, 0.15) is 11.1 Å². The minimum Gasteiger partial charge on any atom is -0.392 e. The average molecular weight is 355 g/mol. The number of nitrogens with zero attached hydrogens (tertiary/aromatic N) is 1. The lowest BCUT2D eigenvalue weighted by Crippen LogP contribution is -2.33. The molecule has 0 saturated carbocycles. The first-order chi connectivity index (χ1) is 12.0. The number of hydrogen-bond donors (Lipinski definition) is 1. The van der Waals surface area contributed by atoms with E-state index in [9.17, 15) is 13.5 Å². The van der Waals surface area contributed by atoms with Crippen LogP contribution in [0.2, 0.25) is 0 Å². The summed E-state index contributed by atoms with van der Waals surface area (Å²) < 4.78 is 26.9. The third-order valence-corrected chi connectivity index (χ3v) is 5.49. The normalized spacial score (nSPS) is 12.2. The predicted octanol–water partition coefficient (Wildman–Crippen LogP) is 2.69. The van der Waals surface area contributed by atoms with Gasteiger partial charge in [-0.05, 0) is 30.2 Å². The van der Waals surface area contributed by atoms with Crippen LogP contribution >= 0.6 is 0 Å². The summed E-state index contributed by atoms with van der Waals surface area (Å²) in [5.74, 6) is 2.39. The highest BCUT2D eigenvalue weighted by molar-refractivity contribution is 7.89. The van der Waals surface area contributed by atoms with Crippen LogP contribution in [-0.2, 0) is 10.0 Å². The molecule has 0 fully saturated rings. The van der Waals surface area contributed by atoms with Crippen molar-refractivity contribution in [2.75, 3.05) is 19.7 Å². The molecule has 0 aromatic heterocycles. The van der Waals surface area contributed by atoms with Crippen molar-refractivity contribution in [2.45, 2.75) is 11.8 Å². The fourth-order valence-corrected chi connectivity index (χ4v) is 3.70. The van der Waals surface area contributed by atoms with Gasteiger partial charge in [0.2, 0.25) is 10.0 Å². The molecule has 0 amide bonds. The minimum absolute atomic E-state index is 0.0335. The van der Waals surface area contributed by atoms with Crippen molar-refractivity contribution in [3.8, 4) is 12.3 Å². The van der Waals surface area contributed by atoms with Crippen LogP contribution in [0.5, 0.6) is 0 Å². The molecule has 0 aliphatic carbocycles. The summed E-state index contributed by atoms with van der Waals surface area (Å²) in [6.45, 7) is 1.61. The summed E-state index contributed by atoms with van der Waals surface area (Å²) in [6, 6.07) is 16.0. The molecule has 0 unspecified atom stereocenters. The van der Waals surface area contributed by atoms with Crippen molar-refractivity contribution in [1.29, 1.82) is 0 Å². The van der Waals surface area contributed by atoms with Crippen LogP contribution in [0.15, 0.2) is 65.1 Å². The molecule has 2 rings (SSSR count). The van der Waals surface area contributed by atoms with Crippen LogP contribution < -0.4 is 0 Å². The molecule has 0 saturated heterocycles. The van der Waals surface area contributed by atoms with Crippen LogP contribution in [0.4, 0.5) is 0 Å². The summed E-state index contributed by atoms with van der Waals surface area (Å²) in [5, 5.41) is 9.64. The molecule has 4 nitrogen and oxygen atoms in total. The van der Waals surface area contributed by atoms with Crippen molar-refractivity contribution in [1.82, 2.24) is 4.31 Å². The molecule has 2 aromatic carbocycles. The van der Waals surface area contributed by atoms with Crippen LogP contribution in [-0.4, -0.2) is 37.5 Å². The molecule has 0 aliphatic rings. The Balaban J connectivity index is 2.32. The Morgan fingerprint density at radius 2 is 1.80 bits per heavy atom. The Bertz CT molecular complexity index is 863. The Labute approximate surface area is 149 Å². The van der Waals surface area contributed by atoms with Gasteiger partial charge in [-0.15, -0.1) is 6.42 Å². The van der Waals surface area contributed by atoms with Gasteiger partial charge >= 0.3 is 0 Å². The highest BCUT2D eigenvalue weighted by atomic mass is 32.2. The third kappa shape index (κ3) is 5.04. The molecular formula is C20H21NO3S. The van der Waals surface area contributed by atoms with E-state index in [0.717, 1.165) is 11.1 Å². The van der Waals surface area contributed by atoms with Crippen molar-refractivity contribution in [3.63, 3.8) is 0 Å². The summed E-state index contributed by atoms with van der Waals surface area (Å²) in [7, 11) is -3.74. The molecule has 5 heteroatoms. The van der Waals surface area contributed by atoms with Gasteiger partial charge in [0.05, 0.1) is 18.0 Å². The van der Waals surface area contributed by atoms with E-state index >= 15 is 0 Å². The maximum absolute atomic E-state index is 12.9. The molecule has 0 heterocycles. The Morgan fingerprint density at radius 3 is 2.36 bits per heavy atom.